The van der Waals surface area contributed by atoms with E-state index in [-0.39, 0.29) is 0 Å². The Balaban J connectivity index is 1.27. The van der Waals surface area contributed by atoms with Gasteiger partial charge in [0, 0.05) is 21.5 Å². The molecule has 10 aromatic rings. The third-order valence-electron chi connectivity index (χ3n) is 11.1. The Morgan fingerprint density at radius 1 is 0.293 bits per heavy atom. The Kier molecular flexibility index (Phi) is 7.92. The number of fused-ring (bicyclic) bond motifs is 6. The molecule has 0 unspecified atom stereocenters. The van der Waals surface area contributed by atoms with E-state index >= 15 is 0 Å². The average Bonchev–Trinajstić information content (AvgIpc) is 3.80. The van der Waals surface area contributed by atoms with Gasteiger partial charge in [-0.3, -0.25) is 0 Å². The lowest BCUT2D eigenvalue weighted by atomic mass is 9.98. The van der Waals surface area contributed by atoms with E-state index in [1.165, 1.54) is 0 Å². The SMILES string of the molecule is N#Cc1ccc(-c2ccc3c(c2)c2ccccc2n3-c2cc(-c3cccc(C#N)c3)cc(-n3c4ccccc4c4cc(-c5ccc(C#N)cc5)ccc43)c2C#N)cc1. The molecule has 0 amide bonds. The second kappa shape index (κ2) is 13.6. The summed E-state index contributed by atoms with van der Waals surface area (Å²) in [5.41, 5.74) is 13.3. The molecule has 0 bridgehead atoms. The Morgan fingerprint density at radius 2 is 0.724 bits per heavy atom. The van der Waals surface area contributed by atoms with Gasteiger partial charge in [-0.1, -0.05) is 84.9 Å². The lowest BCUT2D eigenvalue weighted by Gasteiger charge is -2.18. The molecule has 6 nitrogen and oxygen atoms in total. The topological polar surface area (TPSA) is 105 Å². The highest BCUT2D eigenvalue weighted by Crippen LogP contribution is 2.42. The molecule has 0 aliphatic carbocycles. The van der Waals surface area contributed by atoms with Gasteiger partial charge >= 0.3 is 0 Å². The predicted molar refractivity (Wildman–Crippen MR) is 230 cm³/mol. The minimum atomic E-state index is 0.498. The zero-order valence-corrected chi connectivity index (χ0v) is 30.8. The number of nitriles is 4. The number of hydrogen-bond donors (Lipinski definition) is 0. The molecule has 0 N–H and O–H groups in total. The van der Waals surface area contributed by atoms with Crippen molar-refractivity contribution in [3.8, 4) is 69.0 Å². The first-order chi connectivity index (χ1) is 28.6. The molecule has 0 saturated carbocycles. The summed E-state index contributed by atoms with van der Waals surface area (Å²) in [6.07, 6.45) is 0. The predicted octanol–water partition coefficient (Wildman–Crippen LogP) is 12.4. The number of benzene rings is 8. The maximum Gasteiger partial charge on any atom is 0.104 e. The number of rotatable bonds is 5. The van der Waals surface area contributed by atoms with Gasteiger partial charge in [-0.05, 0) is 118 Å². The molecule has 2 aromatic heterocycles. The van der Waals surface area contributed by atoms with E-state index in [4.69, 9.17) is 0 Å². The Bertz CT molecular complexity index is 3290. The summed E-state index contributed by atoms with van der Waals surface area (Å²) >= 11 is 0. The summed E-state index contributed by atoms with van der Waals surface area (Å²) in [4.78, 5) is 0. The Labute approximate surface area is 333 Å². The van der Waals surface area contributed by atoms with Gasteiger partial charge in [0.05, 0.1) is 68.3 Å². The number of para-hydroxylation sites is 2. The molecule has 0 aliphatic rings. The van der Waals surface area contributed by atoms with E-state index in [2.05, 4.69) is 106 Å². The van der Waals surface area contributed by atoms with Crippen LogP contribution >= 0.6 is 0 Å². The molecule has 0 fully saturated rings. The summed E-state index contributed by atoms with van der Waals surface area (Å²) in [6.45, 7) is 0. The Hall–Kier alpha value is -8.68. The second-order valence-corrected chi connectivity index (χ2v) is 14.2. The summed E-state index contributed by atoms with van der Waals surface area (Å²) in [5, 5.41) is 44.2. The van der Waals surface area contributed by atoms with Gasteiger partial charge in [0.25, 0.3) is 0 Å². The van der Waals surface area contributed by atoms with Crippen molar-refractivity contribution in [2.45, 2.75) is 0 Å². The van der Waals surface area contributed by atoms with Crippen LogP contribution < -0.4 is 0 Å². The fourth-order valence-electron chi connectivity index (χ4n) is 8.31. The van der Waals surface area contributed by atoms with E-state index in [0.717, 1.165) is 88.4 Å². The molecular weight excluding hydrogens is 709 g/mol. The van der Waals surface area contributed by atoms with Crippen LogP contribution in [0.1, 0.15) is 22.3 Å². The van der Waals surface area contributed by atoms with E-state index in [9.17, 15) is 21.0 Å². The van der Waals surface area contributed by atoms with Gasteiger partial charge in [-0.25, -0.2) is 0 Å². The average molecular weight is 737 g/mol. The normalized spacial score (nSPS) is 11.0. The third-order valence-corrected chi connectivity index (χ3v) is 11.1. The summed E-state index contributed by atoms with van der Waals surface area (Å²) in [6, 6.07) is 65.5. The monoisotopic (exact) mass is 736 g/mol. The largest absolute Gasteiger partial charge is 0.308 e. The molecule has 2 heterocycles. The molecule has 0 atom stereocenters. The van der Waals surface area contributed by atoms with Crippen molar-refractivity contribution in [1.82, 2.24) is 9.13 Å². The molecule has 0 aliphatic heterocycles. The first-order valence-electron chi connectivity index (χ1n) is 18.7. The summed E-state index contributed by atoms with van der Waals surface area (Å²) in [5.74, 6) is 0. The van der Waals surface area contributed by atoms with Gasteiger partial charge in [-0.15, -0.1) is 0 Å². The van der Waals surface area contributed by atoms with E-state index in [1.54, 1.807) is 6.07 Å². The van der Waals surface area contributed by atoms with Crippen LogP contribution in [0.15, 0.2) is 170 Å². The molecular formula is C52H28N6. The van der Waals surface area contributed by atoms with Crippen molar-refractivity contribution in [2.24, 2.45) is 0 Å². The minimum Gasteiger partial charge on any atom is -0.308 e. The van der Waals surface area contributed by atoms with Gasteiger partial charge in [0.15, 0.2) is 0 Å². The van der Waals surface area contributed by atoms with Crippen LogP contribution in [0.25, 0.3) is 88.4 Å². The maximum atomic E-state index is 11.3. The van der Waals surface area contributed by atoms with Gasteiger partial charge < -0.3 is 9.13 Å². The lowest BCUT2D eigenvalue weighted by molar-refractivity contribution is 1.12. The quantitative estimate of drug-likeness (QED) is 0.175. The lowest BCUT2D eigenvalue weighted by Crippen LogP contribution is -2.05. The fourth-order valence-corrected chi connectivity index (χ4v) is 8.31. The zero-order chi connectivity index (χ0) is 39.3. The fraction of sp³-hybridized carbons (Fsp3) is 0. The van der Waals surface area contributed by atoms with Crippen molar-refractivity contribution in [2.75, 3.05) is 0 Å². The number of aromatic nitrogens is 2. The molecule has 266 valence electrons. The summed E-state index contributed by atoms with van der Waals surface area (Å²) in [7, 11) is 0. The van der Waals surface area contributed by atoms with E-state index in [0.29, 0.717) is 22.3 Å². The number of nitrogens with zero attached hydrogens (tertiary/aromatic N) is 6. The molecule has 8 aromatic carbocycles. The second-order valence-electron chi connectivity index (χ2n) is 14.2. The van der Waals surface area contributed by atoms with E-state index in [1.807, 2.05) is 91.0 Å². The van der Waals surface area contributed by atoms with Crippen molar-refractivity contribution in [1.29, 1.82) is 21.0 Å². The third kappa shape index (κ3) is 5.38. The number of hydrogen-bond acceptors (Lipinski definition) is 4. The highest BCUT2D eigenvalue weighted by atomic mass is 15.0. The van der Waals surface area contributed by atoms with Crippen LogP contribution in [-0.4, -0.2) is 9.13 Å². The molecule has 6 heteroatoms. The summed E-state index contributed by atoms with van der Waals surface area (Å²) < 4.78 is 4.37. The van der Waals surface area contributed by atoms with Crippen LogP contribution in [0.4, 0.5) is 0 Å². The Morgan fingerprint density at radius 3 is 1.19 bits per heavy atom. The molecule has 0 saturated heterocycles. The van der Waals surface area contributed by atoms with Crippen LogP contribution in [0.5, 0.6) is 0 Å². The molecule has 58 heavy (non-hydrogen) atoms. The smallest absolute Gasteiger partial charge is 0.104 e. The van der Waals surface area contributed by atoms with Crippen LogP contribution in [-0.2, 0) is 0 Å². The van der Waals surface area contributed by atoms with Crippen LogP contribution in [0.3, 0.4) is 0 Å². The van der Waals surface area contributed by atoms with E-state index < -0.39 is 0 Å². The van der Waals surface area contributed by atoms with Crippen molar-refractivity contribution < 1.29 is 0 Å². The molecule has 0 spiro atoms. The van der Waals surface area contributed by atoms with Gasteiger partial charge in [0.2, 0.25) is 0 Å². The zero-order valence-electron chi connectivity index (χ0n) is 30.8. The van der Waals surface area contributed by atoms with Crippen molar-refractivity contribution in [3.63, 3.8) is 0 Å². The van der Waals surface area contributed by atoms with Crippen LogP contribution in [0.2, 0.25) is 0 Å². The standard InChI is InChI=1S/C52H28N6/c53-29-33-12-16-36(17-13-33)39-20-22-49-44(25-39)42-8-1-3-10-47(42)57(49)51-27-41(38-7-5-6-35(24-38)31-55)28-52(46(51)32-56)58-48-11-4-2-9-43(48)45-26-40(21-23-50(45)58)37-18-14-34(30-54)15-19-37/h1-28H. The molecule has 10 rings (SSSR count). The van der Waals surface area contributed by atoms with Gasteiger partial charge in [0.1, 0.15) is 11.6 Å². The first-order valence-corrected chi connectivity index (χ1v) is 18.7. The highest BCUT2D eigenvalue weighted by Gasteiger charge is 2.23. The highest BCUT2D eigenvalue weighted by molar-refractivity contribution is 6.12. The van der Waals surface area contributed by atoms with Crippen molar-refractivity contribution in [3.05, 3.63) is 192 Å². The van der Waals surface area contributed by atoms with Gasteiger partial charge in [-0.2, -0.15) is 21.0 Å². The maximum absolute atomic E-state index is 11.3. The first kappa shape index (κ1) is 33.9. The van der Waals surface area contributed by atoms with Crippen molar-refractivity contribution >= 4 is 43.6 Å². The van der Waals surface area contributed by atoms with Crippen LogP contribution in [0, 0.1) is 45.3 Å². The molecule has 0 radical (unpaired) electrons. The minimum absolute atomic E-state index is 0.498.